The zero-order chi connectivity index (χ0) is 27.3. The second-order valence-corrected chi connectivity index (χ2v) is 12.0. The predicted octanol–water partition coefficient (Wildman–Crippen LogP) is 2.07. The SMILES string of the molecule is CC(C)[C@H]1CCN(C(=O)[C@@H](NC(=O)[C@@H](NC(=O)C2=NCCN=C2)C2CCCCC2)C(C)(C)C)[C@@H]1C(=O)O. The third-order valence-electron chi connectivity index (χ3n) is 7.88. The molecule has 1 aliphatic carbocycles. The van der Waals surface area contributed by atoms with E-state index in [0.29, 0.717) is 26.1 Å². The fourth-order valence-corrected chi connectivity index (χ4v) is 5.76. The number of nitrogens with zero attached hydrogens (tertiary/aromatic N) is 3. The van der Waals surface area contributed by atoms with Crippen molar-refractivity contribution in [1.29, 1.82) is 0 Å². The van der Waals surface area contributed by atoms with E-state index in [1.807, 2.05) is 34.6 Å². The van der Waals surface area contributed by atoms with Gasteiger partial charge in [0.25, 0.3) is 5.91 Å². The van der Waals surface area contributed by atoms with E-state index in [4.69, 9.17) is 0 Å². The summed E-state index contributed by atoms with van der Waals surface area (Å²) in [7, 11) is 0. The van der Waals surface area contributed by atoms with Crippen molar-refractivity contribution in [3.05, 3.63) is 0 Å². The van der Waals surface area contributed by atoms with Gasteiger partial charge in [0.05, 0.1) is 19.3 Å². The van der Waals surface area contributed by atoms with E-state index in [9.17, 15) is 24.3 Å². The third kappa shape index (κ3) is 6.96. The van der Waals surface area contributed by atoms with Crippen molar-refractivity contribution in [1.82, 2.24) is 15.5 Å². The molecule has 2 aliphatic heterocycles. The highest BCUT2D eigenvalue weighted by atomic mass is 16.4. The molecule has 2 fully saturated rings. The maximum absolute atomic E-state index is 13.8. The minimum absolute atomic E-state index is 0.0570. The van der Waals surface area contributed by atoms with Gasteiger partial charge >= 0.3 is 5.97 Å². The van der Waals surface area contributed by atoms with Crippen LogP contribution in [-0.4, -0.2) is 83.4 Å². The number of carbonyl (C=O) groups excluding carboxylic acids is 3. The van der Waals surface area contributed by atoms with E-state index in [-0.39, 0.29) is 23.5 Å². The van der Waals surface area contributed by atoms with E-state index in [0.717, 1.165) is 32.1 Å². The number of carboxylic acid groups (broad SMARTS) is 1. The molecule has 3 rings (SSSR count). The van der Waals surface area contributed by atoms with Gasteiger partial charge in [-0.2, -0.15) is 0 Å². The second kappa shape index (κ2) is 12.2. The summed E-state index contributed by atoms with van der Waals surface area (Å²) in [5.74, 6) is -2.38. The molecule has 0 bridgehead atoms. The lowest BCUT2D eigenvalue weighted by molar-refractivity contribution is -0.152. The van der Waals surface area contributed by atoms with E-state index in [1.165, 1.54) is 11.1 Å². The largest absolute Gasteiger partial charge is 0.480 e. The summed E-state index contributed by atoms with van der Waals surface area (Å²) in [6.07, 6.45) is 6.67. The molecule has 3 amide bonds. The molecule has 37 heavy (non-hydrogen) atoms. The number of likely N-dealkylation sites (tertiary alicyclic amines) is 1. The van der Waals surface area contributed by atoms with Crippen molar-refractivity contribution in [3.8, 4) is 0 Å². The van der Waals surface area contributed by atoms with Crippen LogP contribution >= 0.6 is 0 Å². The van der Waals surface area contributed by atoms with Crippen LogP contribution in [0.3, 0.4) is 0 Å². The van der Waals surface area contributed by atoms with Gasteiger partial charge in [0.2, 0.25) is 11.8 Å². The second-order valence-electron chi connectivity index (χ2n) is 12.0. The highest BCUT2D eigenvalue weighted by molar-refractivity contribution is 6.61. The molecular weight excluding hydrogens is 474 g/mol. The van der Waals surface area contributed by atoms with Crippen molar-refractivity contribution >= 4 is 35.6 Å². The molecule has 0 radical (unpaired) electrons. The number of aliphatic imine (C=N–C) groups is 2. The minimum atomic E-state index is -1.02. The fraction of sp³-hybridized carbons (Fsp3) is 0.778. The Labute approximate surface area is 219 Å². The number of carbonyl (C=O) groups is 4. The molecule has 3 N–H and O–H groups in total. The predicted molar refractivity (Wildman–Crippen MR) is 142 cm³/mol. The first kappa shape index (κ1) is 28.8. The van der Waals surface area contributed by atoms with Crippen LogP contribution in [0.5, 0.6) is 0 Å². The number of carboxylic acids is 1. The Morgan fingerprint density at radius 1 is 1.03 bits per heavy atom. The van der Waals surface area contributed by atoms with Crippen LogP contribution in [0.2, 0.25) is 0 Å². The number of hydrogen-bond donors (Lipinski definition) is 3. The van der Waals surface area contributed by atoms with Gasteiger partial charge < -0.3 is 20.6 Å². The van der Waals surface area contributed by atoms with Crippen LogP contribution in [0.1, 0.15) is 73.1 Å². The Bertz CT molecular complexity index is 932. The fourth-order valence-electron chi connectivity index (χ4n) is 5.76. The lowest BCUT2D eigenvalue weighted by atomic mass is 9.82. The van der Waals surface area contributed by atoms with Gasteiger partial charge in [-0.3, -0.25) is 24.4 Å². The molecule has 0 aromatic carbocycles. The number of rotatable bonds is 8. The Hall–Kier alpha value is -2.78. The van der Waals surface area contributed by atoms with Crippen LogP contribution in [0, 0.1) is 23.2 Å². The highest BCUT2D eigenvalue weighted by Gasteiger charge is 2.47. The molecule has 10 nitrogen and oxygen atoms in total. The first-order valence-corrected chi connectivity index (χ1v) is 13.6. The summed E-state index contributed by atoms with van der Waals surface area (Å²) in [5, 5.41) is 15.8. The first-order valence-electron chi connectivity index (χ1n) is 13.6. The molecule has 2 heterocycles. The maximum Gasteiger partial charge on any atom is 0.326 e. The lowest BCUT2D eigenvalue weighted by Gasteiger charge is -2.37. The summed E-state index contributed by atoms with van der Waals surface area (Å²) in [4.78, 5) is 62.4. The zero-order valence-corrected chi connectivity index (χ0v) is 22.8. The van der Waals surface area contributed by atoms with Gasteiger partial charge in [0, 0.05) is 6.54 Å². The molecule has 0 unspecified atom stereocenters. The van der Waals surface area contributed by atoms with Crippen LogP contribution < -0.4 is 10.6 Å². The molecule has 0 spiro atoms. The van der Waals surface area contributed by atoms with Gasteiger partial charge in [-0.1, -0.05) is 53.9 Å². The van der Waals surface area contributed by atoms with Crippen molar-refractivity contribution in [2.24, 2.45) is 33.2 Å². The first-order chi connectivity index (χ1) is 17.4. The summed E-state index contributed by atoms with van der Waals surface area (Å²) >= 11 is 0. The zero-order valence-electron chi connectivity index (χ0n) is 22.8. The molecule has 3 aliphatic rings. The van der Waals surface area contributed by atoms with E-state index in [2.05, 4.69) is 20.6 Å². The summed E-state index contributed by atoms with van der Waals surface area (Å²) in [5.41, 5.74) is -0.475. The Morgan fingerprint density at radius 3 is 2.24 bits per heavy atom. The van der Waals surface area contributed by atoms with E-state index >= 15 is 0 Å². The number of amides is 3. The lowest BCUT2D eigenvalue weighted by Crippen LogP contribution is -2.61. The van der Waals surface area contributed by atoms with Crippen molar-refractivity contribution in [2.75, 3.05) is 19.6 Å². The Balaban J connectivity index is 1.83. The number of hydrogen-bond acceptors (Lipinski definition) is 6. The van der Waals surface area contributed by atoms with Crippen LogP contribution in [0.4, 0.5) is 0 Å². The average molecular weight is 518 g/mol. The van der Waals surface area contributed by atoms with E-state index < -0.39 is 47.2 Å². The van der Waals surface area contributed by atoms with Gasteiger partial charge in [-0.25, -0.2) is 4.79 Å². The molecule has 1 saturated carbocycles. The molecule has 0 aromatic rings. The summed E-state index contributed by atoms with van der Waals surface area (Å²) in [6, 6.07) is -2.68. The number of nitrogens with one attached hydrogen (secondary N) is 2. The Kier molecular flexibility index (Phi) is 9.47. The maximum atomic E-state index is 13.8. The smallest absolute Gasteiger partial charge is 0.326 e. The normalized spacial score (nSPS) is 24.4. The van der Waals surface area contributed by atoms with Crippen molar-refractivity contribution in [2.45, 2.75) is 91.3 Å². The molecule has 1 saturated heterocycles. The standard InChI is InChI=1S/C27H43N5O5/c1-16(2)18-11-14-32(21(18)26(36)37)25(35)22(27(3,4)5)31-24(34)20(17-9-7-6-8-10-17)30-23(33)19-15-28-12-13-29-19/h15-18,20-22H,6-14H2,1-5H3,(H,30,33)(H,31,34)(H,36,37)/t18-,20+,21+,22-/m1/s1. The van der Waals surface area contributed by atoms with Crippen LogP contribution in [0.25, 0.3) is 0 Å². The van der Waals surface area contributed by atoms with Crippen LogP contribution in [-0.2, 0) is 19.2 Å². The molecule has 10 heteroatoms. The van der Waals surface area contributed by atoms with E-state index in [1.54, 1.807) is 0 Å². The minimum Gasteiger partial charge on any atom is -0.480 e. The molecule has 4 atom stereocenters. The monoisotopic (exact) mass is 517 g/mol. The van der Waals surface area contributed by atoms with Crippen LogP contribution in [0.15, 0.2) is 9.98 Å². The number of aliphatic carboxylic acids is 1. The van der Waals surface area contributed by atoms with Crippen molar-refractivity contribution in [3.63, 3.8) is 0 Å². The topological polar surface area (TPSA) is 141 Å². The highest BCUT2D eigenvalue weighted by Crippen LogP contribution is 2.33. The summed E-state index contributed by atoms with van der Waals surface area (Å²) < 4.78 is 0. The van der Waals surface area contributed by atoms with Crippen molar-refractivity contribution < 1.29 is 24.3 Å². The Morgan fingerprint density at radius 2 is 1.70 bits per heavy atom. The molecule has 0 aromatic heterocycles. The van der Waals surface area contributed by atoms with Gasteiger partial charge in [-0.15, -0.1) is 0 Å². The van der Waals surface area contributed by atoms with Gasteiger partial charge in [0.15, 0.2) is 0 Å². The summed E-state index contributed by atoms with van der Waals surface area (Å²) in [6.45, 7) is 10.8. The van der Waals surface area contributed by atoms with Gasteiger partial charge in [-0.05, 0) is 42.4 Å². The molecule has 206 valence electrons. The quantitative estimate of drug-likeness (QED) is 0.452. The average Bonchev–Trinajstić information content (AvgIpc) is 3.32. The third-order valence-corrected chi connectivity index (χ3v) is 7.88. The molecular formula is C27H43N5O5. The van der Waals surface area contributed by atoms with Gasteiger partial charge in [0.1, 0.15) is 23.8 Å².